The van der Waals surface area contributed by atoms with Crippen molar-refractivity contribution in [2.75, 3.05) is 11.9 Å². The largest absolute Gasteiger partial charge is 0.385 e. The number of nitrogens with two attached hydrogens (primary N) is 1. The smallest absolute Gasteiger partial charge is 0.160 e. The van der Waals surface area contributed by atoms with Gasteiger partial charge in [0.25, 0.3) is 0 Å². The maximum Gasteiger partial charge on any atom is 0.160 e. The van der Waals surface area contributed by atoms with E-state index in [1.54, 1.807) is 6.07 Å². The molecule has 1 saturated carbocycles. The fourth-order valence-electron chi connectivity index (χ4n) is 2.26. The van der Waals surface area contributed by atoms with E-state index >= 15 is 0 Å². The van der Waals surface area contributed by atoms with Crippen molar-refractivity contribution in [3.05, 3.63) is 29.8 Å². The Kier molecular flexibility index (Phi) is 3.94. The number of anilines is 1. The van der Waals surface area contributed by atoms with Crippen LogP contribution >= 0.6 is 0 Å². The summed E-state index contributed by atoms with van der Waals surface area (Å²) in [6, 6.07) is 4.25. The highest BCUT2D eigenvalue weighted by Crippen LogP contribution is 2.23. The molecule has 0 amide bonds. The maximum absolute atomic E-state index is 13.0. The summed E-state index contributed by atoms with van der Waals surface area (Å²) >= 11 is 0. The molecule has 1 aromatic rings. The first-order chi connectivity index (χ1) is 8.15. The van der Waals surface area contributed by atoms with Gasteiger partial charge in [-0.05, 0) is 49.8 Å². The lowest BCUT2D eigenvalue weighted by Crippen LogP contribution is -2.29. The molecule has 0 unspecified atom stereocenters. The van der Waals surface area contributed by atoms with Gasteiger partial charge in [-0.3, -0.25) is 0 Å². The van der Waals surface area contributed by atoms with Gasteiger partial charge in [-0.2, -0.15) is 0 Å². The van der Waals surface area contributed by atoms with Crippen molar-refractivity contribution >= 4 is 5.69 Å². The van der Waals surface area contributed by atoms with Crippen molar-refractivity contribution < 1.29 is 8.78 Å². The molecular formula is C13H18F2N2. The molecule has 0 saturated heterocycles. The van der Waals surface area contributed by atoms with E-state index in [1.807, 2.05) is 0 Å². The summed E-state index contributed by atoms with van der Waals surface area (Å²) in [5.41, 5.74) is 6.47. The Morgan fingerprint density at radius 1 is 1.12 bits per heavy atom. The minimum absolute atomic E-state index is 0.342. The van der Waals surface area contributed by atoms with Gasteiger partial charge < -0.3 is 11.1 Å². The summed E-state index contributed by atoms with van der Waals surface area (Å²) in [5.74, 6) is -1.03. The average Bonchev–Trinajstić information content (AvgIpc) is 2.33. The van der Waals surface area contributed by atoms with Gasteiger partial charge in [0.1, 0.15) is 0 Å². The molecule has 0 spiro atoms. The normalized spacial score (nSPS) is 24.6. The van der Waals surface area contributed by atoms with Crippen LogP contribution < -0.4 is 11.1 Å². The van der Waals surface area contributed by atoms with Gasteiger partial charge in [0.05, 0.1) is 0 Å². The highest BCUT2D eigenvalue weighted by molar-refractivity contribution is 5.43. The van der Waals surface area contributed by atoms with Crippen molar-refractivity contribution in [2.45, 2.75) is 31.7 Å². The van der Waals surface area contributed by atoms with Gasteiger partial charge in [0, 0.05) is 18.3 Å². The lowest BCUT2D eigenvalue weighted by Gasteiger charge is -2.26. The molecule has 0 atom stereocenters. The van der Waals surface area contributed by atoms with Crippen LogP contribution in [0, 0.1) is 17.6 Å². The van der Waals surface area contributed by atoms with Crippen molar-refractivity contribution in [1.29, 1.82) is 0 Å². The fraction of sp³-hybridized carbons (Fsp3) is 0.538. The van der Waals surface area contributed by atoms with Gasteiger partial charge >= 0.3 is 0 Å². The second-order valence-corrected chi connectivity index (χ2v) is 4.79. The van der Waals surface area contributed by atoms with Crippen LogP contribution in [0.2, 0.25) is 0 Å². The lowest BCUT2D eigenvalue weighted by atomic mass is 9.86. The first-order valence-corrected chi connectivity index (χ1v) is 6.09. The van der Waals surface area contributed by atoms with E-state index in [2.05, 4.69) is 5.32 Å². The number of rotatable bonds is 3. The van der Waals surface area contributed by atoms with E-state index in [0.717, 1.165) is 38.3 Å². The molecule has 94 valence electrons. The quantitative estimate of drug-likeness (QED) is 0.852. The topological polar surface area (TPSA) is 38.0 Å². The summed E-state index contributed by atoms with van der Waals surface area (Å²) in [4.78, 5) is 0. The zero-order chi connectivity index (χ0) is 12.3. The van der Waals surface area contributed by atoms with Crippen molar-refractivity contribution in [1.82, 2.24) is 0 Å². The number of hydrogen-bond acceptors (Lipinski definition) is 2. The third kappa shape index (κ3) is 3.40. The molecular weight excluding hydrogens is 222 g/mol. The molecule has 2 rings (SSSR count). The summed E-state index contributed by atoms with van der Waals surface area (Å²) in [7, 11) is 0. The Balaban J connectivity index is 1.83. The molecule has 0 radical (unpaired) electrons. The zero-order valence-corrected chi connectivity index (χ0v) is 9.76. The van der Waals surface area contributed by atoms with Crippen LogP contribution in [-0.2, 0) is 0 Å². The van der Waals surface area contributed by atoms with E-state index in [4.69, 9.17) is 5.73 Å². The highest BCUT2D eigenvalue weighted by atomic mass is 19.2. The van der Waals surface area contributed by atoms with Gasteiger partial charge in [-0.1, -0.05) is 0 Å². The average molecular weight is 240 g/mol. The van der Waals surface area contributed by atoms with E-state index in [1.165, 1.54) is 6.07 Å². The molecule has 1 fully saturated rings. The number of benzene rings is 1. The SMILES string of the molecule is NC1CCC(CNc2ccc(F)c(F)c2)CC1. The van der Waals surface area contributed by atoms with Gasteiger partial charge in [0.15, 0.2) is 11.6 Å². The Morgan fingerprint density at radius 3 is 2.47 bits per heavy atom. The summed E-state index contributed by atoms with van der Waals surface area (Å²) in [6.45, 7) is 0.803. The Bertz CT molecular complexity index is 374. The third-order valence-electron chi connectivity index (χ3n) is 3.41. The Morgan fingerprint density at radius 2 is 1.82 bits per heavy atom. The summed E-state index contributed by atoms with van der Waals surface area (Å²) in [5, 5.41) is 3.15. The standard InChI is InChI=1S/C13H18F2N2/c14-12-6-5-11(7-13(12)15)17-8-9-1-3-10(16)4-2-9/h5-7,9-10,17H,1-4,8,16H2. The van der Waals surface area contributed by atoms with E-state index < -0.39 is 11.6 Å². The number of nitrogens with one attached hydrogen (secondary N) is 1. The zero-order valence-electron chi connectivity index (χ0n) is 9.76. The number of hydrogen-bond donors (Lipinski definition) is 2. The molecule has 1 aromatic carbocycles. The molecule has 0 heterocycles. The molecule has 2 nitrogen and oxygen atoms in total. The third-order valence-corrected chi connectivity index (χ3v) is 3.41. The van der Waals surface area contributed by atoms with Crippen LogP contribution in [0.15, 0.2) is 18.2 Å². The minimum Gasteiger partial charge on any atom is -0.385 e. The second-order valence-electron chi connectivity index (χ2n) is 4.79. The predicted octanol–water partition coefficient (Wildman–Crippen LogP) is 2.89. The second kappa shape index (κ2) is 5.45. The molecule has 0 aromatic heterocycles. The Labute approximate surface area is 100 Å². The highest BCUT2D eigenvalue weighted by Gasteiger charge is 2.18. The predicted molar refractivity (Wildman–Crippen MR) is 64.8 cm³/mol. The first-order valence-electron chi connectivity index (χ1n) is 6.09. The van der Waals surface area contributed by atoms with E-state index in [9.17, 15) is 8.78 Å². The maximum atomic E-state index is 13.0. The molecule has 0 bridgehead atoms. The Hall–Kier alpha value is -1.16. The first kappa shape index (κ1) is 12.3. The van der Waals surface area contributed by atoms with Crippen molar-refractivity contribution in [3.63, 3.8) is 0 Å². The van der Waals surface area contributed by atoms with Crippen LogP contribution in [0.4, 0.5) is 14.5 Å². The van der Waals surface area contributed by atoms with E-state index in [0.29, 0.717) is 17.6 Å². The molecule has 0 aliphatic heterocycles. The van der Waals surface area contributed by atoms with Crippen LogP contribution in [0.25, 0.3) is 0 Å². The molecule has 1 aliphatic rings. The monoisotopic (exact) mass is 240 g/mol. The van der Waals surface area contributed by atoms with E-state index in [-0.39, 0.29) is 0 Å². The molecule has 3 N–H and O–H groups in total. The van der Waals surface area contributed by atoms with Crippen LogP contribution in [0.5, 0.6) is 0 Å². The molecule has 17 heavy (non-hydrogen) atoms. The van der Waals surface area contributed by atoms with Crippen molar-refractivity contribution in [3.8, 4) is 0 Å². The van der Waals surface area contributed by atoms with Crippen LogP contribution in [0.3, 0.4) is 0 Å². The molecule has 1 aliphatic carbocycles. The van der Waals surface area contributed by atoms with Gasteiger partial charge in [0.2, 0.25) is 0 Å². The van der Waals surface area contributed by atoms with Crippen LogP contribution in [0.1, 0.15) is 25.7 Å². The fourth-order valence-corrected chi connectivity index (χ4v) is 2.26. The number of halogens is 2. The summed E-state index contributed by atoms with van der Waals surface area (Å²) < 4.78 is 25.7. The van der Waals surface area contributed by atoms with Gasteiger partial charge in [-0.25, -0.2) is 8.78 Å². The van der Waals surface area contributed by atoms with Crippen LogP contribution in [-0.4, -0.2) is 12.6 Å². The molecule has 4 heteroatoms. The summed E-state index contributed by atoms with van der Waals surface area (Å²) in [6.07, 6.45) is 4.34. The van der Waals surface area contributed by atoms with Crippen molar-refractivity contribution in [2.24, 2.45) is 11.7 Å². The minimum atomic E-state index is -0.806. The van der Waals surface area contributed by atoms with Gasteiger partial charge in [-0.15, -0.1) is 0 Å². The lowest BCUT2D eigenvalue weighted by molar-refractivity contribution is 0.339.